The molecule has 160 valence electrons. The Labute approximate surface area is 180 Å². The van der Waals surface area contributed by atoms with Crippen LogP contribution in [0.2, 0.25) is 5.02 Å². The van der Waals surface area contributed by atoms with Gasteiger partial charge in [0.05, 0.1) is 32.9 Å². The first-order valence-electron chi connectivity index (χ1n) is 9.81. The van der Waals surface area contributed by atoms with Gasteiger partial charge in [-0.25, -0.2) is 4.79 Å². The maximum atomic E-state index is 12.4. The molecule has 3 rings (SSSR count). The molecule has 0 spiro atoms. The molecule has 1 aliphatic rings. The Kier molecular flexibility index (Phi) is 7.93. The summed E-state index contributed by atoms with van der Waals surface area (Å²) in [7, 11) is 0. The number of amides is 2. The molecular weight excluding hydrogens is 408 g/mol. The number of fused-ring (bicyclic) bond motifs is 1. The molecule has 0 aromatic heterocycles. The zero-order chi connectivity index (χ0) is 21.3. The summed E-state index contributed by atoms with van der Waals surface area (Å²) in [4.78, 5) is 25.5. The van der Waals surface area contributed by atoms with Crippen LogP contribution >= 0.6 is 11.6 Å². The molecule has 1 heterocycles. The van der Waals surface area contributed by atoms with Gasteiger partial charge in [0.15, 0.2) is 0 Å². The van der Waals surface area contributed by atoms with Crippen molar-refractivity contribution in [2.75, 3.05) is 26.3 Å². The van der Waals surface area contributed by atoms with Gasteiger partial charge in [-0.2, -0.15) is 0 Å². The lowest BCUT2D eigenvalue weighted by atomic mass is 10.1. The highest BCUT2D eigenvalue weighted by Gasteiger charge is 2.20. The maximum absolute atomic E-state index is 12.4. The minimum absolute atomic E-state index is 0.160. The number of ether oxygens (including phenoxy) is 3. The van der Waals surface area contributed by atoms with Gasteiger partial charge in [-0.3, -0.25) is 4.79 Å². The second-order valence-electron chi connectivity index (χ2n) is 6.76. The number of rotatable bonds is 7. The minimum atomic E-state index is -0.463. The van der Waals surface area contributed by atoms with Crippen LogP contribution in [0.15, 0.2) is 42.5 Å². The number of carbonyl (C=O) groups is 2. The topological polar surface area (TPSA) is 77.1 Å². The van der Waals surface area contributed by atoms with Crippen molar-refractivity contribution in [2.24, 2.45) is 0 Å². The monoisotopic (exact) mass is 432 g/mol. The molecule has 0 unspecified atom stereocenters. The largest absolute Gasteiger partial charge is 0.491 e. The zero-order valence-corrected chi connectivity index (χ0v) is 17.6. The quantitative estimate of drug-likeness (QED) is 0.677. The molecule has 0 bridgehead atoms. The molecule has 0 aliphatic carbocycles. The standard InChI is InChI=1S/C22H25ClN2O5/c1-2-29-21(26)12-24-22(27)25-9-10-30-20-8-7-16(11-18(20)13-25)14-28-15-17-5-3-4-6-19(17)23/h3-8,11H,2,9-10,12-15H2,1H3,(H,24,27). The van der Waals surface area contributed by atoms with E-state index in [0.717, 1.165) is 22.4 Å². The van der Waals surface area contributed by atoms with Crippen LogP contribution in [0, 0.1) is 0 Å². The number of nitrogens with one attached hydrogen (secondary N) is 1. The lowest BCUT2D eigenvalue weighted by Gasteiger charge is -2.20. The molecule has 2 aromatic carbocycles. The van der Waals surface area contributed by atoms with Crippen LogP contribution in [-0.2, 0) is 34.0 Å². The van der Waals surface area contributed by atoms with Crippen molar-refractivity contribution in [1.29, 1.82) is 0 Å². The molecule has 7 nitrogen and oxygen atoms in total. The number of hydrogen-bond acceptors (Lipinski definition) is 5. The summed E-state index contributed by atoms with van der Waals surface area (Å²) in [6.45, 7) is 3.84. The van der Waals surface area contributed by atoms with Crippen molar-refractivity contribution < 1.29 is 23.8 Å². The van der Waals surface area contributed by atoms with Crippen LogP contribution in [-0.4, -0.2) is 43.2 Å². The molecule has 1 aliphatic heterocycles. The third-order valence-electron chi connectivity index (χ3n) is 4.57. The highest BCUT2D eigenvalue weighted by atomic mass is 35.5. The second-order valence-corrected chi connectivity index (χ2v) is 7.17. The molecule has 8 heteroatoms. The summed E-state index contributed by atoms with van der Waals surface area (Å²) in [6.07, 6.45) is 0. The Balaban J connectivity index is 1.58. The zero-order valence-electron chi connectivity index (χ0n) is 16.9. The van der Waals surface area contributed by atoms with Gasteiger partial charge in [0.1, 0.15) is 18.9 Å². The molecule has 0 saturated carbocycles. The molecule has 0 fully saturated rings. The Morgan fingerprint density at radius 2 is 2.03 bits per heavy atom. The van der Waals surface area contributed by atoms with Gasteiger partial charge >= 0.3 is 12.0 Å². The number of nitrogens with zero attached hydrogens (tertiary/aromatic N) is 1. The maximum Gasteiger partial charge on any atom is 0.325 e. The highest BCUT2D eigenvalue weighted by molar-refractivity contribution is 6.31. The predicted octanol–water partition coefficient (Wildman–Crippen LogP) is 3.52. The van der Waals surface area contributed by atoms with E-state index in [1.54, 1.807) is 11.8 Å². The minimum Gasteiger partial charge on any atom is -0.491 e. The number of urea groups is 1. The Morgan fingerprint density at radius 3 is 2.83 bits per heavy atom. The van der Waals surface area contributed by atoms with E-state index in [1.165, 1.54) is 0 Å². The summed E-state index contributed by atoms with van der Waals surface area (Å²) >= 11 is 6.16. The lowest BCUT2D eigenvalue weighted by molar-refractivity contribution is -0.141. The number of esters is 1. The van der Waals surface area contributed by atoms with E-state index >= 15 is 0 Å². The normalized spacial score (nSPS) is 13.1. The van der Waals surface area contributed by atoms with Crippen LogP contribution in [0.5, 0.6) is 5.75 Å². The van der Waals surface area contributed by atoms with E-state index in [4.69, 9.17) is 25.8 Å². The van der Waals surface area contributed by atoms with Crippen LogP contribution in [0.3, 0.4) is 0 Å². The summed E-state index contributed by atoms with van der Waals surface area (Å²) in [5.41, 5.74) is 2.79. The molecular formula is C22H25ClN2O5. The number of hydrogen-bond donors (Lipinski definition) is 1. The first-order valence-corrected chi connectivity index (χ1v) is 10.2. The fraction of sp³-hybridized carbons (Fsp3) is 0.364. The van der Waals surface area contributed by atoms with Gasteiger partial charge in [0, 0.05) is 10.6 Å². The molecule has 0 radical (unpaired) electrons. The smallest absolute Gasteiger partial charge is 0.325 e. The van der Waals surface area contributed by atoms with Crippen molar-refractivity contribution in [3.63, 3.8) is 0 Å². The summed E-state index contributed by atoms with van der Waals surface area (Å²) in [5, 5.41) is 3.27. The second kappa shape index (κ2) is 10.8. The first kappa shape index (κ1) is 21.9. The molecule has 1 N–H and O–H groups in total. The van der Waals surface area contributed by atoms with E-state index in [2.05, 4.69) is 5.32 Å². The van der Waals surface area contributed by atoms with E-state index in [9.17, 15) is 9.59 Å². The van der Waals surface area contributed by atoms with Gasteiger partial charge in [0.25, 0.3) is 0 Å². The van der Waals surface area contributed by atoms with Crippen LogP contribution in [0.25, 0.3) is 0 Å². The Morgan fingerprint density at radius 1 is 1.20 bits per heavy atom. The fourth-order valence-electron chi connectivity index (χ4n) is 3.08. The average molecular weight is 433 g/mol. The van der Waals surface area contributed by atoms with Crippen molar-refractivity contribution in [3.8, 4) is 5.75 Å². The SMILES string of the molecule is CCOC(=O)CNC(=O)N1CCOc2ccc(COCc3ccccc3Cl)cc2C1. The highest BCUT2D eigenvalue weighted by Crippen LogP contribution is 2.25. The first-order chi connectivity index (χ1) is 14.6. The summed E-state index contributed by atoms with van der Waals surface area (Å²) < 4.78 is 16.4. The summed E-state index contributed by atoms with van der Waals surface area (Å²) in [5.74, 6) is 0.279. The van der Waals surface area contributed by atoms with Crippen molar-refractivity contribution >= 4 is 23.6 Å². The van der Waals surface area contributed by atoms with Crippen LogP contribution < -0.4 is 10.1 Å². The Bertz CT molecular complexity index is 890. The molecule has 0 saturated heterocycles. The van der Waals surface area contributed by atoms with Crippen molar-refractivity contribution in [1.82, 2.24) is 10.2 Å². The van der Waals surface area contributed by atoms with E-state index in [0.29, 0.717) is 37.9 Å². The van der Waals surface area contributed by atoms with E-state index in [-0.39, 0.29) is 19.2 Å². The van der Waals surface area contributed by atoms with Gasteiger partial charge in [-0.15, -0.1) is 0 Å². The van der Waals surface area contributed by atoms with Crippen LogP contribution in [0.1, 0.15) is 23.6 Å². The van der Waals surface area contributed by atoms with Crippen molar-refractivity contribution in [3.05, 3.63) is 64.2 Å². The van der Waals surface area contributed by atoms with Gasteiger partial charge in [0.2, 0.25) is 0 Å². The third kappa shape index (κ3) is 6.11. The number of halogens is 1. The molecule has 0 atom stereocenters. The number of benzene rings is 2. The van der Waals surface area contributed by atoms with E-state index < -0.39 is 5.97 Å². The average Bonchev–Trinajstić information content (AvgIpc) is 2.96. The molecule has 2 amide bonds. The van der Waals surface area contributed by atoms with Gasteiger partial charge < -0.3 is 24.4 Å². The third-order valence-corrected chi connectivity index (χ3v) is 4.93. The number of carbonyl (C=O) groups excluding carboxylic acids is 2. The Hall–Kier alpha value is -2.77. The van der Waals surface area contributed by atoms with Gasteiger partial charge in [-0.1, -0.05) is 35.9 Å². The fourth-order valence-corrected chi connectivity index (χ4v) is 3.27. The van der Waals surface area contributed by atoms with Crippen LogP contribution in [0.4, 0.5) is 4.79 Å². The van der Waals surface area contributed by atoms with Crippen molar-refractivity contribution in [2.45, 2.75) is 26.7 Å². The van der Waals surface area contributed by atoms with E-state index in [1.807, 2.05) is 42.5 Å². The van der Waals surface area contributed by atoms with Gasteiger partial charge in [-0.05, 0) is 36.2 Å². The lowest BCUT2D eigenvalue weighted by Crippen LogP contribution is -2.42. The predicted molar refractivity (Wildman–Crippen MR) is 112 cm³/mol. The molecule has 30 heavy (non-hydrogen) atoms. The summed E-state index contributed by atoms with van der Waals surface area (Å²) in [6, 6.07) is 13.0. The molecule has 2 aromatic rings.